The number of aliphatic carboxylic acids is 1. The van der Waals surface area contributed by atoms with Crippen LogP contribution >= 0.6 is 0 Å². The van der Waals surface area contributed by atoms with Crippen molar-refractivity contribution in [3.63, 3.8) is 0 Å². The molecule has 0 aliphatic rings. The van der Waals surface area contributed by atoms with Crippen molar-refractivity contribution in [2.45, 2.75) is 32.8 Å². The molecule has 0 amide bonds. The van der Waals surface area contributed by atoms with Crippen molar-refractivity contribution in [1.29, 1.82) is 5.26 Å². The van der Waals surface area contributed by atoms with Crippen LogP contribution in [-0.4, -0.2) is 31.9 Å². The Morgan fingerprint density at radius 2 is 2.12 bits per heavy atom. The molecule has 0 radical (unpaired) electrons. The number of carboxylic acids is 1. The minimum Gasteiger partial charge on any atom is -0.490 e. The zero-order chi connectivity index (χ0) is 22.8. The molecular formula is C24H22N4O4. The molecule has 4 aromatic rings. The summed E-state index contributed by atoms with van der Waals surface area (Å²) in [7, 11) is 1.91. The molecule has 8 nitrogen and oxygen atoms in total. The molecule has 0 saturated heterocycles. The van der Waals surface area contributed by atoms with Gasteiger partial charge in [-0.25, -0.2) is 0 Å². The smallest absolute Gasteiger partial charge is 0.303 e. The molecule has 8 heteroatoms. The monoisotopic (exact) mass is 430 g/mol. The van der Waals surface area contributed by atoms with E-state index in [1.54, 1.807) is 18.2 Å². The van der Waals surface area contributed by atoms with Crippen LogP contribution in [0.25, 0.3) is 33.7 Å². The van der Waals surface area contributed by atoms with Crippen molar-refractivity contribution in [2.75, 3.05) is 0 Å². The Morgan fingerprint density at radius 1 is 1.31 bits per heavy atom. The van der Waals surface area contributed by atoms with E-state index >= 15 is 0 Å². The third kappa shape index (κ3) is 4.05. The molecule has 0 spiro atoms. The van der Waals surface area contributed by atoms with E-state index in [4.69, 9.17) is 14.4 Å². The number of benzene rings is 2. The van der Waals surface area contributed by atoms with Crippen LogP contribution in [0.3, 0.4) is 0 Å². The molecule has 1 N–H and O–H groups in total. The van der Waals surface area contributed by atoms with Crippen LogP contribution in [-0.2, 0) is 18.3 Å². The third-order valence-corrected chi connectivity index (χ3v) is 5.07. The standard InChI is InChI=1S/C24H22N4O4/c1-14(2)31-20-9-7-15(11-17(20)12-25)24-26-23(27-32-24)19-6-4-5-18-16(8-10-21(29)30)13-28(3)22(18)19/h4-7,9,11,13-14H,8,10H2,1-3H3,(H,29,30). The summed E-state index contributed by atoms with van der Waals surface area (Å²) in [4.78, 5) is 15.5. The van der Waals surface area contributed by atoms with Crippen LogP contribution in [0.2, 0.25) is 0 Å². The highest BCUT2D eigenvalue weighted by atomic mass is 16.5. The third-order valence-electron chi connectivity index (χ3n) is 5.07. The van der Waals surface area contributed by atoms with E-state index in [1.165, 1.54) is 0 Å². The molecule has 0 unspecified atom stereocenters. The minimum atomic E-state index is -0.831. The average Bonchev–Trinajstić information content (AvgIpc) is 3.37. The number of hydrogen-bond donors (Lipinski definition) is 1. The first-order valence-electron chi connectivity index (χ1n) is 10.2. The number of para-hydroxylation sites is 1. The number of nitriles is 1. The number of aryl methyl sites for hydroxylation is 2. The normalized spacial score (nSPS) is 11.1. The van der Waals surface area contributed by atoms with Crippen LogP contribution in [0, 0.1) is 11.3 Å². The highest BCUT2D eigenvalue weighted by Gasteiger charge is 2.18. The largest absolute Gasteiger partial charge is 0.490 e. The van der Waals surface area contributed by atoms with Gasteiger partial charge in [0.15, 0.2) is 0 Å². The van der Waals surface area contributed by atoms with E-state index in [1.807, 2.05) is 49.9 Å². The predicted molar refractivity (Wildman–Crippen MR) is 118 cm³/mol. The molecular weight excluding hydrogens is 408 g/mol. The van der Waals surface area contributed by atoms with Crippen LogP contribution in [0.15, 0.2) is 47.1 Å². The average molecular weight is 430 g/mol. The molecule has 0 aliphatic heterocycles. The Morgan fingerprint density at radius 3 is 2.84 bits per heavy atom. The second kappa shape index (κ2) is 8.55. The van der Waals surface area contributed by atoms with E-state index in [0.29, 0.717) is 35.0 Å². The van der Waals surface area contributed by atoms with Gasteiger partial charge in [0.05, 0.1) is 17.2 Å². The van der Waals surface area contributed by atoms with Gasteiger partial charge in [0.25, 0.3) is 5.89 Å². The Labute approximate surface area is 184 Å². The highest BCUT2D eigenvalue weighted by molar-refractivity contribution is 5.95. The number of carbonyl (C=O) groups is 1. The number of nitrogens with zero attached hydrogens (tertiary/aromatic N) is 4. The molecule has 0 saturated carbocycles. The zero-order valence-corrected chi connectivity index (χ0v) is 18.0. The molecule has 32 heavy (non-hydrogen) atoms. The van der Waals surface area contributed by atoms with Crippen LogP contribution in [0.4, 0.5) is 0 Å². The van der Waals surface area contributed by atoms with Gasteiger partial charge in [0.1, 0.15) is 11.8 Å². The first-order chi connectivity index (χ1) is 15.4. The zero-order valence-electron chi connectivity index (χ0n) is 18.0. The first kappa shape index (κ1) is 21.1. The van der Waals surface area contributed by atoms with Crippen LogP contribution in [0.1, 0.15) is 31.4 Å². The minimum absolute atomic E-state index is 0.0471. The molecule has 4 rings (SSSR count). The molecule has 162 valence electrons. The van der Waals surface area contributed by atoms with Gasteiger partial charge in [-0.15, -0.1) is 0 Å². The number of rotatable bonds is 7. The number of ether oxygens (including phenoxy) is 1. The van der Waals surface area contributed by atoms with E-state index in [0.717, 1.165) is 22.0 Å². The topological polar surface area (TPSA) is 114 Å². The Hall–Kier alpha value is -4.12. The quantitative estimate of drug-likeness (QED) is 0.457. The van der Waals surface area contributed by atoms with E-state index in [2.05, 4.69) is 16.2 Å². The van der Waals surface area contributed by atoms with Crippen LogP contribution < -0.4 is 4.74 Å². The summed E-state index contributed by atoms with van der Waals surface area (Å²) < 4.78 is 13.1. The molecule has 0 fully saturated rings. The van der Waals surface area contributed by atoms with Crippen molar-refractivity contribution < 1.29 is 19.2 Å². The fraction of sp³-hybridized carbons (Fsp3) is 0.250. The second-order valence-electron chi connectivity index (χ2n) is 7.77. The van der Waals surface area contributed by atoms with Gasteiger partial charge in [-0.1, -0.05) is 17.3 Å². The number of fused-ring (bicyclic) bond motifs is 1. The lowest BCUT2D eigenvalue weighted by atomic mass is 10.1. The molecule has 0 atom stereocenters. The van der Waals surface area contributed by atoms with Crippen molar-refractivity contribution >= 4 is 16.9 Å². The Kier molecular flexibility index (Phi) is 5.65. The van der Waals surface area contributed by atoms with Gasteiger partial charge in [0.2, 0.25) is 5.82 Å². The summed E-state index contributed by atoms with van der Waals surface area (Å²) in [5, 5.41) is 23.6. The molecule has 0 aliphatic carbocycles. The van der Waals surface area contributed by atoms with Crippen LogP contribution in [0.5, 0.6) is 5.75 Å². The number of carboxylic acid groups (broad SMARTS) is 1. The van der Waals surface area contributed by atoms with E-state index < -0.39 is 5.97 Å². The summed E-state index contributed by atoms with van der Waals surface area (Å²) in [6, 6.07) is 13.1. The highest BCUT2D eigenvalue weighted by Crippen LogP contribution is 2.32. The van der Waals surface area contributed by atoms with E-state index in [-0.39, 0.29) is 12.5 Å². The van der Waals surface area contributed by atoms with Crippen molar-refractivity contribution in [3.8, 4) is 34.7 Å². The maximum absolute atomic E-state index is 11.0. The fourth-order valence-corrected chi connectivity index (χ4v) is 3.73. The fourth-order valence-electron chi connectivity index (χ4n) is 3.73. The SMILES string of the molecule is CC(C)Oc1ccc(-c2nc(-c3cccc4c(CCC(=O)O)cn(C)c34)no2)cc1C#N. The van der Waals surface area contributed by atoms with Crippen molar-refractivity contribution in [3.05, 3.63) is 53.7 Å². The van der Waals surface area contributed by atoms with Crippen molar-refractivity contribution in [1.82, 2.24) is 14.7 Å². The van der Waals surface area contributed by atoms with Gasteiger partial charge in [-0.2, -0.15) is 10.2 Å². The van der Waals surface area contributed by atoms with E-state index in [9.17, 15) is 10.1 Å². The Bertz CT molecular complexity index is 1340. The maximum Gasteiger partial charge on any atom is 0.303 e. The second-order valence-corrected chi connectivity index (χ2v) is 7.77. The lowest BCUT2D eigenvalue weighted by Crippen LogP contribution is -2.06. The molecule has 2 heterocycles. The predicted octanol–water partition coefficient (Wildman–Crippen LogP) is 4.57. The molecule has 0 bridgehead atoms. The lowest BCUT2D eigenvalue weighted by molar-refractivity contribution is -0.136. The lowest BCUT2D eigenvalue weighted by Gasteiger charge is -2.11. The number of hydrogen-bond acceptors (Lipinski definition) is 6. The molecule has 2 aromatic heterocycles. The summed E-state index contributed by atoms with van der Waals surface area (Å²) in [5.74, 6) is 0.387. The summed E-state index contributed by atoms with van der Waals surface area (Å²) in [6.07, 6.45) is 2.39. The summed E-state index contributed by atoms with van der Waals surface area (Å²) in [5.41, 5.74) is 3.65. The summed E-state index contributed by atoms with van der Waals surface area (Å²) >= 11 is 0. The Balaban J connectivity index is 1.71. The summed E-state index contributed by atoms with van der Waals surface area (Å²) in [6.45, 7) is 3.80. The van der Waals surface area contributed by atoms with Gasteiger partial charge < -0.3 is 18.9 Å². The van der Waals surface area contributed by atoms with Crippen molar-refractivity contribution in [2.24, 2.45) is 7.05 Å². The molecule has 2 aromatic carbocycles. The number of aromatic nitrogens is 3. The van der Waals surface area contributed by atoms with Gasteiger partial charge in [-0.05, 0) is 50.1 Å². The maximum atomic E-state index is 11.0. The first-order valence-corrected chi connectivity index (χ1v) is 10.2. The van der Waals surface area contributed by atoms with Gasteiger partial charge in [-0.3, -0.25) is 4.79 Å². The van der Waals surface area contributed by atoms with Gasteiger partial charge >= 0.3 is 5.97 Å². The van der Waals surface area contributed by atoms with Gasteiger partial charge in [0, 0.05) is 36.2 Å².